The van der Waals surface area contributed by atoms with Gasteiger partial charge in [-0.3, -0.25) is 0 Å². The van der Waals surface area contributed by atoms with Gasteiger partial charge in [0.25, 0.3) is 0 Å². The number of benzene rings is 1. The average molecular weight is 411 g/mol. The van der Waals surface area contributed by atoms with Crippen molar-refractivity contribution in [2.45, 2.75) is 18.4 Å². The molecule has 0 radical (unpaired) electrons. The summed E-state index contributed by atoms with van der Waals surface area (Å²) in [6.07, 6.45) is 0.829. The first-order valence-electron chi connectivity index (χ1n) is 6.89. The van der Waals surface area contributed by atoms with E-state index in [-0.39, 0.29) is 33.0 Å². The molecule has 1 fully saturated rings. The molecule has 1 saturated heterocycles. The molecule has 2 aromatic rings. The van der Waals surface area contributed by atoms with Crippen LogP contribution in [0.3, 0.4) is 0 Å². The first-order chi connectivity index (χ1) is 10.8. The fourth-order valence-electron chi connectivity index (χ4n) is 2.77. The van der Waals surface area contributed by atoms with E-state index in [0.717, 1.165) is 6.07 Å². The van der Waals surface area contributed by atoms with Crippen molar-refractivity contribution >= 4 is 44.3 Å². The fourth-order valence-corrected chi connectivity index (χ4v) is 3.24. The van der Waals surface area contributed by atoms with Crippen LogP contribution in [0.25, 0.3) is 10.9 Å². The van der Waals surface area contributed by atoms with Crippen molar-refractivity contribution in [3.63, 3.8) is 0 Å². The standard InChI is InChI=1S/C14H12BrClF3N3O/c15-9-8(18)4-7-11(10(9)19)20-13(16)21-12(7)22-3-1-2-14(23,5-17)6-22/h4,23H,1-3,5-6H2. The molecular formula is C14H12BrClF3N3O. The number of piperidine rings is 1. The number of alkyl halides is 1. The molecule has 2 heterocycles. The molecule has 3 rings (SSSR count). The van der Waals surface area contributed by atoms with E-state index in [1.807, 2.05) is 0 Å². The van der Waals surface area contributed by atoms with Crippen LogP contribution in [0.1, 0.15) is 12.8 Å². The molecule has 0 saturated carbocycles. The number of aliphatic hydroxyl groups is 1. The smallest absolute Gasteiger partial charge is 0.225 e. The number of rotatable bonds is 2. The third kappa shape index (κ3) is 2.99. The normalized spacial score (nSPS) is 21.9. The zero-order chi connectivity index (χ0) is 16.8. The van der Waals surface area contributed by atoms with Crippen molar-refractivity contribution in [2.75, 3.05) is 24.7 Å². The van der Waals surface area contributed by atoms with Crippen molar-refractivity contribution in [1.82, 2.24) is 9.97 Å². The lowest BCUT2D eigenvalue weighted by atomic mass is 9.94. The van der Waals surface area contributed by atoms with E-state index < -0.39 is 23.9 Å². The van der Waals surface area contributed by atoms with Crippen LogP contribution in [0, 0.1) is 11.6 Å². The van der Waals surface area contributed by atoms with Crippen molar-refractivity contribution in [3.05, 3.63) is 27.5 Å². The molecule has 124 valence electrons. The third-order valence-corrected chi connectivity index (χ3v) is 4.78. The van der Waals surface area contributed by atoms with Gasteiger partial charge in [0.2, 0.25) is 5.28 Å². The first kappa shape index (κ1) is 16.7. The number of hydrogen-bond acceptors (Lipinski definition) is 4. The maximum absolute atomic E-state index is 14.2. The van der Waals surface area contributed by atoms with Gasteiger partial charge >= 0.3 is 0 Å². The van der Waals surface area contributed by atoms with Gasteiger partial charge < -0.3 is 10.0 Å². The summed E-state index contributed by atoms with van der Waals surface area (Å²) < 4.78 is 40.8. The number of β-amino-alcohol motifs (C(OH)–C–C–N with tert-alkyl or cyclic N) is 1. The second-order valence-corrected chi connectivity index (χ2v) is 6.71. The van der Waals surface area contributed by atoms with Crippen LogP contribution in [0.4, 0.5) is 19.0 Å². The summed E-state index contributed by atoms with van der Waals surface area (Å²) in [6.45, 7) is -0.482. The SMILES string of the molecule is OC1(CF)CCCN(c2nc(Cl)nc3c(F)c(Br)c(F)cc23)C1. The van der Waals surface area contributed by atoms with Gasteiger partial charge in [-0.1, -0.05) is 0 Å². The van der Waals surface area contributed by atoms with Gasteiger partial charge in [-0.05, 0) is 46.4 Å². The Hall–Kier alpha value is -1.12. The molecule has 1 aromatic heterocycles. The summed E-state index contributed by atoms with van der Waals surface area (Å²) in [6, 6.07) is 1.09. The van der Waals surface area contributed by atoms with E-state index in [9.17, 15) is 18.3 Å². The quantitative estimate of drug-likeness (QED) is 0.607. The number of aromatic nitrogens is 2. The lowest BCUT2D eigenvalue weighted by Crippen LogP contribution is -2.50. The van der Waals surface area contributed by atoms with E-state index in [1.54, 1.807) is 4.90 Å². The number of nitrogens with zero attached hydrogens (tertiary/aromatic N) is 3. The van der Waals surface area contributed by atoms with Gasteiger partial charge in [-0.2, -0.15) is 4.98 Å². The highest BCUT2D eigenvalue weighted by Gasteiger charge is 2.35. The van der Waals surface area contributed by atoms with Crippen molar-refractivity contribution in [2.24, 2.45) is 0 Å². The zero-order valence-corrected chi connectivity index (χ0v) is 14.1. The van der Waals surface area contributed by atoms with Crippen LogP contribution in [-0.4, -0.2) is 40.4 Å². The Morgan fingerprint density at radius 2 is 2.13 bits per heavy atom. The van der Waals surface area contributed by atoms with Gasteiger partial charge in [0.15, 0.2) is 5.82 Å². The lowest BCUT2D eigenvalue weighted by Gasteiger charge is -2.38. The molecule has 1 aromatic carbocycles. The molecule has 1 aliphatic heterocycles. The molecule has 23 heavy (non-hydrogen) atoms. The molecule has 0 aliphatic carbocycles. The highest BCUT2D eigenvalue weighted by atomic mass is 79.9. The van der Waals surface area contributed by atoms with E-state index >= 15 is 0 Å². The maximum atomic E-state index is 14.2. The Labute approximate surface area is 143 Å². The van der Waals surface area contributed by atoms with E-state index in [2.05, 4.69) is 25.9 Å². The average Bonchev–Trinajstić information content (AvgIpc) is 2.53. The summed E-state index contributed by atoms with van der Waals surface area (Å²) in [5.41, 5.74) is -1.64. The second-order valence-electron chi connectivity index (χ2n) is 5.58. The Morgan fingerprint density at radius 1 is 1.39 bits per heavy atom. The Balaban J connectivity index is 2.17. The largest absolute Gasteiger partial charge is 0.385 e. The van der Waals surface area contributed by atoms with Gasteiger partial charge in [-0.25, -0.2) is 18.2 Å². The predicted octanol–water partition coefficient (Wildman–Crippen LogP) is 3.62. The number of anilines is 1. The molecule has 0 spiro atoms. The van der Waals surface area contributed by atoms with Crippen LogP contribution in [0.15, 0.2) is 10.5 Å². The van der Waals surface area contributed by atoms with Crippen LogP contribution in [-0.2, 0) is 0 Å². The molecule has 1 unspecified atom stereocenters. The fraction of sp³-hybridized carbons (Fsp3) is 0.429. The molecule has 1 atom stereocenters. The van der Waals surface area contributed by atoms with Gasteiger partial charge in [-0.15, -0.1) is 0 Å². The first-order valence-corrected chi connectivity index (χ1v) is 8.06. The highest BCUT2D eigenvalue weighted by Crippen LogP contribution is 2.35. The zero-order valence-electron chi connectivity index (χ0n) is 11.8. The number of halogens is 5. The van der Waals surface area contributed by atoms with Crippen LogP contribution < -0.4 is 4.90 Å². The Bertz CT molecular complexity index is 779. The minimum Gasteiger partial charge on any atom is -0.385 e. The third-order valence-electron chi connectivity index (χ3n) is 3.88. The topological polar surface area (TPSA) is 49.2 Å². The van der Waals surface area contributed by atoms with Crippen molar-refractivity contribution in [1.29, 1.82) is 0 Å². The van der Waals surface area contributed by atoms with Gasteiger partial charge in [0.05, 0.1) is 11.0 Å². The summed E-state index contributed by atoms with van der Waals surface area (Å²) in [4.78, 5) is 9.42. The molecule has 0 bridgehead atoms. The van der Waals surface area contributed by atoms with Crippen molar-refractivity contribution < 1.29 is 18.3 Å². The number of hydrogen-bond donors (Lipinski definition) is 1. The highest BCUT2D eigenvalue weighted by molar-refractivity contribution is 9.10. The number of fused-ring (bicyclic) bond motifs is 1. The van der Waals surface area contributed by atoms with E-state index in [4.69, 9.17) is 11.6 Å². The minimum absolute atomic E-state index is 0.0365. The Kier molecular flexibility index (Phi) is 4.41. The monoisotopic (exact) mass is 409 g/mol. The van der Waals surface area contributed by atoms with E-state index in [0.29, 0.717) is 19.4 Å². The maximum Gasteiger partial charge on any atom is 0.225 e. The molecular weight excluding hydrogens is 399 g/mol. The summed E-state index contributed by atoms with van der Waals surface area (Å²) in [7, 11) is 0. The van der Waals surface area contributed by atoms with Crippen molar-refractivity contribution in [3.8, 4) is 0 Å². The molecule has 1 N–H and O–H groups in total. The van der Waals surface area contributed by atoms with Crippen LogP contribution in [0.2, 0.25) is 5.28 Å². The molecule has 1 aliphatic rings. The molecule has 0 amide bonds. The van der Waals surface area contributed by atoms with Crippen LogP contribution in [0.5, 0.6) is 0 Å². The predicted molar refractivity (Wildman–Crippen MR) is 84.5 cm³/mol. The van der Waals surface area contributed by atoms with Gasteiger partial charge in [0, 0.05) is 11.9 Å². The molecule has 4 nitrogen and oxygen atoms in total. The summed E-state index contributed by atoms with van der Waals surface area (Å²) in [5.74, 6) is -1.51. The van der Waals surface area contributed by atoms with Gasteiger partial charge in [0.1, 0.15) is 29.4 Å². The Morgan fingerprint density at radius 3 is 2.83 bits per heavy atom. The van der Waals surface area contributed by atoms with Crippen LogP contribution >= 0.6 is 27.5 Å². The summed E-state index contributed by atoms with van der Waals surface area (Å²) >= 11 is 8.67. The molecule has 9 heteroatoms. The minimum atomic E-state index is -1.51. The second kappa shape index (κ2) is 6.07. The lowest BCUT2D eigenvalue weighted by molar-refractivity contribution is 0.00306. The summed E-state index contributed by atoms with van der Waals surface area (Å²) in [5, 5.41) is 10.1. The van der Waals surface area contributed by atoms with E-state index in [1.165, 1.54) is 0 Å².